The monoisotopic (exact) mass is 492 g/mol. The summed E-state index contributed by atoms with van der Waals surface area (Å²) in [5, 5.41) is 1.69. The first-order valence-electron chi connectivity index (χ1n) is 10.3. The molecule has 2 aliphatic heterocycles. The lowest BCUT2D eigenvalue weighted by Crippen LogP contribution is -2.36. The Morgan fingerprint density at radius 2 is 1.62 bits per heavy atom. The molecule has 0 aromatic heterocycles. The van der Waals surface area contributed by atoms with Gasteiger partial charge in [-0.3, -0.25) is 19.3 Å². The number of rotatable bonds is 5. The molecule has 3 aromatic rings. The van der Waals surface area contributed by atoms with Crippen LogP contribution in [0.2, 0.25) is 0 Å². The number of nitrogens with zero attached hydrogens (tertiary/aromatic N) is 2. The summed E-state index contributed by atoms with van der Waals surface area (Å²) in [6, 6.07) is 24.3. The molecule has 2 fully saturated rings. The van der Waals surface area contributed by atoms with Gasteiger partial charge in [0.1, 0.15) is 11.7 Å². The number of hydrogen-bond acceptors (Lipinski definition) is 5. The lowest BCUT2D eigenvalue weighted by molar-refractivity contribution is -0.143. The van der Waals surface area contributed by atoms with E-state index in [9.17, 15) is 9.59 Å². The fraction of sp³-hybridized carbons (Fsp3) is 0.200. The molecule has 3 atom stereocenters. The molecule has 0 aliphatic carbocycles. The number of amides is 2. The van der Waals surface area contributed by atoms with E-state index in [1.54, 1.807) is 12.2 Å². The lowest BCUT2D eigenvalue weighted by atomic mass is 9.90. The first-order chi connectivity index (χ1) is 15.6. The van der Waals surface area contributed by atoms with Crippen molar-refractivity contribution in [3.8, 4) is 5.75 Å². The molecule has 32 heavy (non-hydrogen) atoms. The first-order valence-corrected chi connectivity index (χ1v) is 11.1. The van der Waals surface area contributed by atoms with Gasteiger partial charge in [0.2, 0.25) is 5.91 Å². The van der Waals surface area contributed by atoms with Gasteiger partial charge in [0, 0.05) is 0 Å². The Bertz CT molecular complexity index is 1160. The standard InChI is InChI=1S/C25H21BrN2O4/c1-31-20-13-12-17(14-19(20)26)22-21-23(32-28(22)18-10-6-3-7-11-18)25(30)27(24(21)29)15-16-8-4-2-5-9-16/h2-14,21-23H,15H2,1H3/t21-,22+,23+/m0/s1. The maximum atomic E-state index is 13.5. The van der Waals surface area contributed by atoms with Gasteiger partial charge in [-0.05, 0) is 51.3 Å². The van der Waals surface area contributed by atoms with Crippen LogP contribution in [0.25, 0.3) is 0 Å². The molecule has 2 aliphatic rings. The summed E-state index contributed by atoms with van der Waals surface area (Å²) in [6.45, 7) is 0.235. The molecule has 2 saturated heterocycles. The molecule has 0 unspecified atom stereocenters. The van der Waals surface area contributed by atoms with Crippen molar-refractivity contribution in [2.75, 3.05) is 12.2 Å². The molecule has 2 amide bonds. The number of carbonyl (C=O) groups is 2. The highest BCUT2D eigenvalue weighted by molar-refractivity contribution is 9.10. The van der Waals surface area contributed by atoms with E-state index in [-0.39, 0.29) is 18.4 Å². The van der Waals surface area contributed by atoms with Crippen LogP contribution in [0.15, 0.2) is 83.3 Å². The molecule has 6 nitrogen and oxygen atoms in total. The van der Waals surface area contributed by atoms with Crippen LogP contribution in [0, 0.1) is 5.92 Å². The molecule has 0 bridgehead atoms. The smallest absolute Gasteiger partial charge is 0.262 e. The van der Waals surface area contributed by atoms with Gasteiger partial charge in [-0.15, -0.1) is 0 Å². The number of fused-ring (bicyclic) bond motifs is 1. The third-order valence-corrected chi connectivity index (χ3v) is 6.54. The van der Waals surface area contributed by atoms with Gasteiger partial charge >= 0.3 is 0 Å². The van der Waals surface area contributed by atoms with E-state index in [0.717, 1.165) is 21.3 Å². The highest BCUT2D eigenvalue weighted by atomic mass is 79.9. The summed E-state index contributed by atoms with van der Waals surface area (Å²) in [6.07, 6.45) is -0.864. The van der Waals surface area contributed by atoms with E-state index in [0.29, 0.717) is 5.75 Å². The lowest BCUT2D eigenvalue weighted by Gasteiger charge is -2.29. The zero-order valence-corrected chi connectivity index (χ0v) is 18.9. The molecule has 162 valence electrons. The minimum Gasteiger partial charge on any atom is -0.496 e. The van der Waals surface area contributed by atoms with E-state index in [1.807, 2.05) is 78.9 Å². The summed E-state index contributed by atoms with van der Waals surface area (Å²) in [7, 11) is 1.60. The number of anilines is 1. The maximum absolute atomic E-state index is 13.5. The van der Waals surface area contributed by atoms with Crippen molar-refractivity contribution in [1.29, 1.82) is 0 Å². The number of hydroxylamine groups is 1. The van der Waals surface area contributed by atoms with Gasteiger partial charge < -0.3 is 4.74 Å². The maximum Gasteiger partial charge on any atom is 0.262 e. The summed E-state index contributed by atoms with van der Waals surface area (Å²) in [5.41, 5.74) is 2.55. The number of carbonyl (C=O) groups excluding carboxylic acids is 2. The molecule has 0 spiro atoms. The second-order valence-corrected chi connectivity index (χ2v) is 8.65. The number of likely N-dealkylation sites (tertiary alicyclic amines) is 1. The van der Waals surface area contributed by atoms with E-state index in [1.165, 1.54) is 4.90 Å². The normalized spacial score (nSPS) is 22.4. The van der Waals surface area contributed by atoms with Crippen molar-refractivity contribution in [2.24, 2.45) is 5.92 Å². The molecule has 0 N–H and O–H groups in total. The van der Waals surface area contributed by atoms with Crippen LogP contribution in [-0.2, 0) is 21.0 Å². The second-order valence-electron chi connectivity index (χ2n) is 7.80. The van der Waals surface area contributed by atoms with Crippen molar-refractivity contribution in [2.45, 2.75) is 18.7 Å². The fourth-order valence-electron chi connectivity index (χ4n) is 4.40. The Hall–Kier alpha value is -3.16. The zero-order chi connectivity index (χ0) is 22.2. The molecule has 7 heteroatoms. The number of methoxy groups -OCH3 is 1. The van der Waals surface area contributed by atoms with Crippen molar-refractivity contribution in [3.05, 3.63) is 94.5 Å². The Balaban J connectivity index is 1.54. The highest BCUT2D eigenvalue weighted by Crippen LogP contribution is 2.47. The fourth-order valence-corrected chi connectivity index (χ4v) is 4.96. The summed E-state index contributed by atoms with van der Waals surface area (Å²) in [4.78, 5) is 34.3. The summed E-state index contributed by atoms with van der Waals surface area (Å²) in [5.74, 6) is -0.485. The number of ether oxygens (including phenoxy) is 1. The van der Waals surface area contributed by atoms with Gasteiger partial charge in [0.25, 0.3) is 5.91 Å². The predicted molar refractivity (Wildman–Crippen MR) is 123 cm³/mol. The number of para-hydroxylation sites is 1. The van der Waals surface area contributed by atoms with E-state index < -0.39 is 18.1 Å². The number of benzene rings is 3. The minimum absolute atomic E-state index is 0.223. The summed E-state index contributed by atoms with van der Waals surface area (Å²) >= 11 is 3.54. The van der Waals surface area contributed by atoms with Crippen LogP contribution < -0.4 is 9.80 Å². The largest absolute Gasteiger partial charge is 0.496 e. The number of halogens is 1. The molecule has 0 saturated carbocycles. The van der Waals surface area contributed by atoms with Crippen LogP contribution in [0.5, 0.6) is 5.75 Å². The van der Waals surface area contributed by atoms with Gasteiger partial charge in [-0.1, -0.05) is 54.6 Å². The Labute approximate surface area is 194 Å². The van der Waals surface area contributed by atoms with E-state index in [4.69, 9.17) is 9.57 Å². The van der Waals surface area contributed by atoms with Crippen LogP contribution >= 0.6 is 15.9 Å². The Morgan fingerprint density at radius 1 is 0.938 bits per heavy atom. The predicted octanol–water partition coefficient (Wildman–Crippen LogP) is 4.50. The molecule has 0 radical (unpaired) electrons. The summed E-state index contributed by atoms with van der Waals surface area (Å²) < 4.78 is 6.13. The van der Waals surface area contributed by atoms with Crippen molar-refractivity contribution >= 4 is 33.4 Å². The first kappa shape index (κ1) is 20.7. The van der Waals surface area contributed by atoms with Crippen molar-refractivity contribution in [1.82, 2.24) is 4.90 Å². The Morgan fingerprint density at radius 3 is 2.28 bits per heavy atom. The molecule has 2 heterocycles. The van der Waals surface area contributed by atoms with E-state index >= 15 is 0 Å². The minimum atomic E-state index is -0.864. The third-order valence-electron chi connectivity index (χ3n) is 5.92. The molecule has 5 rings (SSSR count). The zero-order valence-electron chi connectivity index (χ0n) is 17.4. The Kier molecular flexibility index (Phi) is 5.45. The van der Waals surface area contributed by atoms with Crippen molar-refractivity contribution in [3.63, 3.8) is 0 Å². The van der Waals surface area contributed by atoms with Gasteiger partial charge in [0.05, 0.1) is 29.9 Å². The van der Waals surface area contributed by atoms with Crippen LogP contribution in [-0.4, -0.2) is 29.9 Å². The number of imide groups is 1. The number of hydrogen-bond donors (Lipinski definition) is 0. The average molecular weight is 493 g/mol. The van der Waals surface area contributed by atoms with Crippen molar-refractivity contribution < 1.29 is 19.2 Å². The van der Waals surface area contributed by atoms with Gasteiger partial charge in [-0.25, -0.2) is 5.06 Å². The molecule has 3 aromatic carbocycles. The van der Waals surface area contributed by atoms with Crippen LogP contribution in [0.4, 0.5) is 5.69 Å². The average Bonchev–Trinajstić information content (AvgIpc) is 3.32. The highest BCUT2D eigenvalue weighted by Gasteiger charge is 2.59. The topological polar surface area (TPSA) is 59.1 Å². The molecular weight excluding hydrogens is 472 g/mol. The molecular formula is C25H21BrN2O4. The SMILES string of the molecule is COc1ccc([C@@H]2[C@@H]3C(=O)N(Cc4ccccc4)C(=O)[C@@H]3ON2c2ccccc2)cc1Br. The van der Waals surface area contributed by atoms with Crippen LogP contribution in [0.3, 0.4) is 0 Å². The van der Waals surface area contributed by atoms with Crippen LogP contribution in [0.1, 0.15) is 17.2 Å². The van der Waals surface area contributed by atoms with Gasteiger partial charge in [-0.2, -0.15) is 0 Å². The quantitative estimate of drug-likeness (QED) is 0.490. The van der Waals surface area contributed by atoms with E-state index in [2.05, 4.69) is 15.9 Å². The second kappa shape index (κ2) is 8.41. The van der Waals surface area contributed by atoms with Gasteiger partial charge in [0.15, 0.2) is 6.10 Å². The third kappa shape index (κ3) is 3.47.